The van der Waals surface area contributed by atoms with Crippen LogP contribution in [0.3, 0.4) is 0 Å². The first-order chi connectivity index (χ1) is 8.40. The highest BCUT2D eigenvalue weighted by Crippen LogP contribution is 2.32. The van der Waals surface area contributed by atoms with E-state index in [1.807, 2.05) is 6.07 Å². The number of benzene rings is 1. The fourth-order valence-electron chi connectivity index (χ4n) is 1.96. The summed E-state index contributed by atoms with van der Waals surface area (Å²) in [5.74, 6) is 0.827. The van der Waals surface area contributed by atoms with E-state index in [1.54, 1.807) is 7.11 Å². The molecule has 0 aliphatic carbocycles. The van der Waals surface area contributed by atoms with Gasteiger partial charge in [0.15, 0.2) is 0 Å². The maximum atomic E-state index is 8.89. The van der Waals surface area contributed by atoms with Gasteiger partial charge in [0.1, 0.15) is 5.75 Å². The van der Waals surface area contributed by atoms with Gasteiger partial charge in [-0.05, 0) is 29.9 Å². The Morgan fingerprint density at radius 2 is 2.00 bits per heavy atom. The number of hydrogen-bond donors (Lipinski definition) is 2. The average Bonchev–Trinajstić information content (AvgIpc) is 2.34. The van der Waals surface area contributed by atoms with Crippen LogP contribution in [0.25, 0.3) is 0 Å². The minimum Gasteiger partial charge on any atom is -0.496 e. The lowest BCUT2D eigenvalue weighted by molar-refractivity contribution is 0.279. The first-order valence-corrected chi connectivity index (χ1v) is 6.45. The fraction of sp³-hybridized carbons (Fsp3) is 0.600. The van der Waals surface area contributed by atoms with Gasteiger partial charge in [0.25, 0.3) is 0 Å². The number of methoxy groups -OCH3 is 1. The first kappa shape index (κ1) is 15.0. The Kier molecular flexibility index (Phi) is 5.17. The molecule has 1 aromatic carbocycles. The molecule has 1 unspecified atom stereocenters. The van der Waals surface area contributed by atoms with Crippen molar-refractivity contribution in [3.63, 3.8) is 0 Å². The summed E-state index contributed by atoms with van der Waals surface area (Å²) < 4.78 is 5.37. The Hall–Kier alpha value is -1.06. The fourth-order valence-corrected chi connectivity index (χ4v) is 1.96. The number of aliphatic hydroxyl groups is 1. The van der Waals surface area contributed by atoms with Gasteiger partial charge in [-0.1, -0.05) is 32.9 Å². The molecule has 0 amide bonds. The topological polar surface area (TPSA) is 55.5 Å². The summed E-state index contributed by atoms with van der Waals surface area (Å²) in [6, 6.07) is 6.10. The highest BCUT2D eigenvalue weighted by atomic mass is 16.5. The van der Waals surface area contributed by atoms with Crippen LogP contribution in [0.4, 0.5) is 0 Å². The molecule has 0 aliphatic rings. The van der Waals surface area contributed by atoms with Crippen LogP contribution in [0.5, 0.6) is 5.75 Å². The summed E-state index contributed by atoms with van der Waals surface area (Å²) in [6.45, 7) is 6.71. The van der Waals surface area contributed by atoms with Gasteiger partial charge in [0.2, 0.25) is 0 Å². The van der Waals surface area contributed by atoms with E-state index in [0.29, 0.717) is 6.42 Å². The number of hydrogen-bond acceptors (Lipinski definition) is 3. The minimum atomic E-state index is -0.0885. The summed E-state index contributed by atoms with van der Waals surface area (Å²) in [7, 11) is 1.66. The molecule has 0 saturated carbocycles. The van der Waals surface area contributed by atoms with Crippen molar-refractivity contribution in [3.8, 4) is 5.75 Å². The molecule has 0 spiro atoms. The number of nitrogens with two attached hydrogens (primary N) is 1. The minimum absolute atomic E-state index is 0.0885. The zero-order valence-corrected chi connectivity index (χ0v) is 11.9. The maximum absolute atomic E-state index is 8.89. The van der Waals surface area contributed by atoms with Gasteiger partial charge in [-0.2, -0.15) is 0 Å². The molecule has 0 aromatic heterocycles. The van der Waals surface area contributed by atoms with Crippen LogP contribution in [0, 0.1) is 0 Å². The third kappa shape index (κ3) is 3.72. The van der Waals surface area contributed by atoms with E-state index in [9.17, 15) is 0 Å². The normalized spacial score (nSPS) is 13.4. The Balaban J connectivity index is 3.06. The van der Waals surface area contributed by atoms with E-state index in [2.05, 4.69) is 32.9 Å². The predicted octanol–water partition coefficient (Wildman–Crippen LogP) is 2.77. The molecule has 0 heterocycles. The highest BCUT2D eigenvalue weighted by molar-refractivity contribution is 5.41. The molecule has 3 nitrogen and oxygen atoms in total. The zero-order valence-electron chi connectivity index (χ0n) is 11.9. The van der Waals surface area contributed by atoms with Crippen molar-refractivity contribution >= 4 is 0 Å². The SMILES string of the molecule is COc1ccc(C(C)(C)C)cc1C(N)CCCO. The Bertz CT molecular complexity index is 383. The van der Waals surface area contributed by atoms with E-state index in [4.69, 9.17) is 15.6 Å². The quantitative estimate of drug-likeness (QED) is 0.846. The monoisotopic (exact) mass is 251 g/mol. The lowest BCUT2D eigenvalue weighted by Crippen LogP contribution is -2.16. The highest BCUT2D eigenvalue weighted by Gasteiger charge is 2.18. The molecular weight excluding hydrogens is 226 g/mol. The van der Waals surface area contributed by atoms with Crippen molar-refractivity contribution in [1.82, 2.24) is 0 Å². The molecular formula is C15H25NO2. The van der Waals surface area contributed by atoms with Crippen molar-refractivity contribution < 1.29 is 9.84 Å². The van der Waals surface area contributed by atoms with Gasteiger partial charge < -0.3 is 15.6 Å². The standard InChI is InChI=1S/C15H25NO2/c1-15(2,3)11-7-8-14(18-4)12(10-11)13(16)6-5-9-17/h7-8,10,13,17H,5-6,9,16H2,1-4H3. The van der Waals surface area contributed by atoms with Gasteiger partial charge in [-0.3, -0.25) is 0 Å². The van der Waals surface area contributed by atoms with Crippen molar-refractivity contribution in [2.75, 3.05) is 13.7 Å². The molecule has 0 bridgehead atoms. The molecule has 3 N–H and O–H groups in total. The Labute approximate surface area is 110 Å². The Morgan fingerprint density at radius 1 is 1.33 bits per heavy atom. The largest absolute Gasteiger partial charge is 0.496 e. The maximum Gasteiger partial charge on any atom is 0.123 e. The molecule has 1 rings (SSSR count). The number of ether oxygens (including phenoxy) is 1. The molecule has 1 atom stereocenters. The molecule has 0 saturated heterocycles. The van der Waals surface area contributed by atoms with Crippen LogP contribution in [0.15, 0.2) is 18.2 Å². The van der Waals surface area contributed by atoms with Gasteiger partial charge >= 0.3 is 0 Å². The summed E-state index contributed by atoms with van der Waals surface area (Å²) in [4.78, 5) is 0. The Morgan fingerprint density at radius 3 is 2.50 bits per heavy atom. The molecule has 0 fully saturated rings. The van der Waals surface area contributed by atoms with E-state index in [1.165, 1.54) is 5.56 Å². The molecule has 0 aliphatic heterocycles. The van der Waals surface area contributed by atoms with E-state index in [0.717, 1.165) is 17.7 Å². The van der Waals surface area contributed by atoms with Crippen LogP contribution in [0.1, 0.15) is 50.8 Å². The molecule has 0 radical (unpaired) electrons. The van der Waals surface area contributed by atoms with Crippen molar-refractivity contribution in [1.29, 1.82) is 0 Å². The molecule has 3 heteroatoms. The predicted molar refractivity (Wildman–Crippen MR) is 74.9 cm³/mol. The summed E-state index contributed by atoms with van der Waals surface area (Å²) >= 11 is 0. The van der Waals surface area contributed by atoms with Crippen LogP contribution in [-0.2, 0) is 5.41 Å². The third-order valence-corrected chi connectivity index (χ3v) is 3.17. The lowest BCUT2D eigenvalue weighted by atomic mass is 9.85. The summed E-state index contributed by atoms with van der Waals surface area (Å²) in [5.41, 5.74) is 8.55. The van der Waals surface area contributed by atoms with Crippen molar-refractivity contribution in [3.05, 3.63) is 29.3 Å². The number of aliphatic hydroxyl groups excluding tert-OH is 1. The van der Waals surface area contributed by atoms with Crippen molar-refractivity contribution in [2.45, 2.75) is 45.1 Å². The third-order valence-electron chi connectivity index (χ3n) is 3.17. The van der Waals surface area contributed by atoms with Crippen LogP contribution in [0.2, 0.25) is 0 Å². The van der Waals surface area contributed by atoms with Crippen LogP contribution < -0.4 is 10.5 Å². The second kappa shape index (κ2) is 6.21. The van der Waals surface area contributed by atoms with Gasteiger partial charge in [0, 0.05) is 18.2 Å². The number of rotatable bonds is 5. The average molecular weight is 251 g/mol. The van der Waals surface area contributed by atoms with Gasteiger partial charge in [-0.15, -0.1) is 0 Å². The van der Waals surface area contributed by atoms with E-state index < -0.39 is 0 Å². The molecule has 102 valence electrons. The first-order valence-electron chi connectivity index (χ1n) is 6.45. The summed E-state index contributed by atoms with van der Waals surface area (Å²) in [5, 5.41) is 8.89. The lowest BCUT2D eigenvalue weighted by Gasteiger charge is -2.23. The van der Waals surface area contributed by atoms with Crippen molar-refractivity contribution in [2.24, 2.45) is 5.73 Å². The smallest absolute Gasteiger partial charge is 0.123 e. The second-order valence-corrected chi connectivity index (χ2v) is 5.68. The second-order valence-electron chi connectivity index (χ2n) is 5.68. The zero-order chi connectivity index (χ0) is 13.8. The summed E-state index contributed by atoms with van der Waals surface area (Å²) in [6.07, 6.45) is 1.48. The van der Waals surface area contributed by atoms with Crippen LogP contribution >= 0.6 is 0 Å². The van der Waals surface area contributed by atoms with Crippen LogP contribution in [-0.4, -0.2) is 18.8 Å². The van der Waals surface area contributed by atoms with E-state index >= 15 is 0 Å². The molecule has 1 aromatic rings. The van der Waals surface area contributed by atoms with E-state index in [-0.39, 0.29) is 18.1 Å². The van der Waals surface area contributed by atoms with Gasteiger partial charge in [-0.25, -0.2) is 0 Å². The molecule has 18 heavy (non-hydrogen) atoms. The van der Waals surface area contributed by atoms with Gasteiger partial charge in [0.05, 0.1) is 7.11 Å².